The number of aryl methyl sites for hydroxylation is 1. The molecule has 0 aliphatic carbocycles. The maximum absolute atomic E-state index is 13.2. The van der Waals surface area contributed by atoms with Gasteiger partial charge >= 0.3 is 0 Å². The second-order valence-corrected chi connectivity index (χ2v) is 8.75. The Hall–Kier alpha value is -2.54. The molecule has 2 aromatic carbocycles. The van der Waals surface area contributed by atoms with Crippen LogP contribution >= 0.6 is 15.9 Å². The summed E-state index contributed by atoms with van der Waals surface area (Å²) in [6.45, 7) is 6.13. The van der Waals surface area contributed by atoms with Crippen LogP contribution in [0, 0.1) is 0 Å². The van der Waals surface area contributed by atoms with Crippen molar-refractivity contribution in [1.29, 1.82) is 0 Å². The van der Waals surface area contributed by atoms with E-state index in [0.717, 1.165) is 22.0 Å². The predicted molar refractivity (Wildman–Crippen MR) is 130 cm³/mol. The predicted octanol–water partition coefficient (Wildman–Crippen LogP) is 4.73. The summed E-state index contributed by atoms with van der Waals surface area (Å²) in [6, 6.07) is 12.9. The van der Waals surface area contributed by atoms with Crippen LogP contribution in [0.15, 0.2) is 46.9 Å². The van der Waals surface area contributed by atoms with Crippen molar-refractivity contribution in [2.75, 3.05) is 14.2 Å². The van der Waals surface area contributed by atoms with E-state index in [-0.39, 0.29) is 24.3 Å². The van der Waals surface area contributed by atoms with Crippen molar-refractivity contribution in [3.63, 3.8) is 0 Å². The second-order valence-electron chi connectivity index (χ2n) is 7.83. The molecule has 6 nitrogen and oxygen atoms in total. The van der Waals surface area contributed by atoms with Gasteiger partial charge in [-0.2, -0.15) is 0 Å². The Labute approximate surface area is 199 Å². The summed E-state index contributed by atoms with van der Waals surface area (Å²) in [5.41, 5.74) is 1.94. The Bertz CT molecular complexity index is 901. The van der Waals surface area contributed by atoms with Crippen LogP contribution < -0.4 is 14.8 Å². The van der Waals surface area contributed by atoms with Crippen LogP contribution in [0.5, 0.6) is 11.5 Å². The Kier molecular flexibility index (Phi) is 10.0. The Morgan fingerprint density at radius 1 is 1.00 bits per heavy atom. The maximum Gasteiger partial charge on any atom is 0.242 e. The number of carbonyl (C=O) groups excluding carboxylic acids is 2. The van der Waals surface area contributed by atoms with Crippen molar-refractivity contribution < 1.29 is 19.1 Å². The number of carbonyl (C=O) groups is 2. The third-order valence-electron chi connectivity index (χ3n) is 5.51. The fourth-order valence-electron chi connectivity index (χ4n) is 3.27. The van der Waals surface area contributed by atoms with Gasteiger partial charge in [-0.05, 0) is 62.1 Å². The molecule has 2 atom stereocenters. The van der Waals surface area contributed by atoms with Gasteiger partial charge in [-0.15, -0.1) is 0 Å². The third-order valence-corrected chi connectivity index (χ3v) is 6.04. The van der Waals surface area contributed by atoms with Crippen LogP contribution in [0.2, 0.25) is 0 Å². The first kappa shape index (κ1) is 25.7. The normalized spacial score (nSPS) is 12.6. The van der Waals surface area contributed by atoms with Crippen LogP contribution in [-0.2, 0) is 22.6 Å². The van der Waals surface area contributed by atoms with Crippen molar-refractivity contribution in [1.82, 2.24) is 10.2 Å². The molecule has 7 heteroatoms. The highest BCUT2D eigenvalue weighted by Crippen LogP contribution is 2.28. The first-order valence-electron chi connectivity index (χ1n) is 10.8. The van der Waals surface area contributed by atoms with Crippen molar-refractivity contribution in [3.05, 3.63) is 58.1 Å². The number of ether oxygens (including phenoxy) is 2. The van der Waals surface area contributed by atoms with Gasteiger partial charge in [-0.25, -0.2) is 0 Å². The highest BCUT2D eigenvalue weighted by molar-refractivity contribution is 9.10. The van der Waals surface area contributed by atoms with E-state index >= 15 is 0 Å². The molecule has 0 aliphatic rings. The Morgan fingerprint density at radius 3 is 2.22 bits per heavy atom. The lowest BCUT2D eigenvalue weighted by Gasteiger charge is -2.30. The van der Waals surface area contributed by atoms with E-state index in [9.17, 15) is 9.59 Å². The molecule has 0 heterocycles. The second kappa shape index (κ2) is 12.5. The topological polar surface area (TPSA) is 67.9 Å². The summed E-state index contributed by atoms with van der Waals surface area (Å²) in [5.74, 6) is 1.06. The molecule has 2 amide bonds. The molecule has 0 aliphatic heterocycles. The molecule has 1 N–H and O–H groups in total. The lowest BCUT2D eigenvalue weighted by Crippen LogP contribution is -2.49. The number of benzene rings is 2. The highest BCUT2D eigenvalue weighted by Gasteiger charge is 2.26. The zero-order valence-electron chi connectivity index (χ0n) is 19.5. The van der Waals surface area contributed by atoms with E-state index in [1.54, 1.807) is 26.0 Å². The average Bonchev–Trinajstić information content (AvgIpc) is 2.81. The van der Waals surface area contributed by atoms with Gasteiger partial charge in [0, 0.05) is 23.5 Å². The van der Waals surface area contributed by atoms with Gasteiger partial charge in [0.25, 0.3) is 0 Å². The van der Waals surface area contributed by atoms with Gasteiger partial charge in [0.1, 0.15) is 6.04 Å². The van der Waals surface area contributed by atoms with Gasteiger partial charge in [-0.1, -0.05) is 41.1 Å². The number of rotatable bonds is 11. The summed E-state index contributed by atoms with van der Waals surface area (Å²) in [5, 5.41) is 2.99. The van der Waals surface area contributed by atoms with Crippen LogP contribution in [0.4, 0.5) is 0 Å². The molecule has 0 spiro atoms. The number of hydrogen-bond acceptors (Lipinski definition) is 4. The lowest BCUT2D eigenvalue weighted by atomic mass is 10.1. The van der Waals surface area contributed by atoms with Gasteiger partial charge in [0.2, 0.25) is 11.8 Å². The van der Waals surface area contributed by atoms with Crippen molar-refractivity contribution in [2.24, 2.45) is 0 Å². The summed E-state index contributed by atoms with van der Waals surface area (Å²) in [6.07, 6.45) is 1.65. The van der Waals surface area contributed by atoms with Crippen molar-refractivity contribution >= 4 is 27.7 Å². The molecule has 32 heavy (non-hydrogen) atoms. The maximum atomic E-state index is 13.2. The summed E-state index contributed by atoms with van der Waals surface area (Å²) in [7, 11) is 3.18. The first-order chi connectivity index (χ1) is 15.3. The van der Waals surface area contributed by atoms with Crippen LogP contribution in [0.25, 0.3) is 0 Å². The average molecular weight is 505 g/mol. The summed E-state index contributed by atoms with van der Waals surface area (Å²) < 4.78 is 11.6. The standard InChI is InChI=1S/C25H33BrN2O4/c1-6-17(2)27-25(30)18(3)28(16-20-7-11-21(26)12-8-20)24(29)14-10-19-9-13-22(31-4)23(15-19)32-5/h7-9,11-13,15,17-18H,6,10,14,16H2,1-5H3,(H,27,30)/t17-,18-/m0/s1. The monoisotopic (exact) mass is 504 g/mol. The molecule has 174 valence electrons. The van der Waals surface area contributed by atoms with Crippen LogP contribution in [0.1, 0.15) is 44.7 Å². The molecule has 0 fully saturated rings. The van der Waals surface area contributed by atoms with E-state index in [2.05, 4.69) is 21.2 Å². The molecule has 0 saturated heterocycles. The molecule has 2 rings (SSSR count). The molecular formula is C25H33BrN2O4. The fourth-order valence-corrected chi connectivity index (χ4v) is 3.53. The van der Waals surface area contributed by atoms with Crippen molar-refractivity contribution in [2.45, 2.75) is 58.7 Å². The zero-order valence-corrected chi connectivity index (χ0v) is 21.1. The Balaban J connectivity index is 2.17. The molecular weight excluding hydrogens is 472 g/mol. The molecule has 0 bridgehead atoms. The summed E-state index contributed by atoms with van der Waals surface area (Å²) in [4.78, 5) is 27.7. The number of hydrogen-bond donors (Lipinski definition) is 1. The first-order valence-corrected chi connectivity index (χ1v) is 11.6. The minimum atomic E-state index is -0.578. The van der Waals surface area contributed by atoms with Gasteiger partial charge in [0.05, 0.1) is 14.2 Å². The molecule has 2 aromatic rings. The number of nitrogens with one attached hydrogen (secondary N) is 1. The van der Waals surface area contributed by atoms with E-state index < -0.39 is 6.04 Å². The molecule has 0 unspecified atom stereocenters. The number of methoxy groups -OCH3 is 2. The number of halogens is 1. The minimum Gasteiger partial charge on any atom is -0.493 e. The number of nitrogens with zero attached hydrogens (tertiary/aromatic N) is 1. The molecule has 0 radical (unpaired) electrons. The van der Waals surface area contributed by atoms with Crippen LogP contribution in [-0.4, -0.2) is 43.0 Å². The quantitative estimate of drug-likeness (QED) is 0.480. The third kappa shape index (κ3) is 7.26. The van der Waals surface area contributed by atoms with E-state index in [1.165, 1.54) is 0 Å². The van der Waals surface area contributed by atoms with Crippen molar-refractivity contribution in [3.8, 4) is 11.5 Å². The fraction of sp³-hybridized carbons (Fsp3) is 0.440. The zero-order chi connectivity index (χ0) is 23.7. The minimum absolute atomic E-state index is 0.0568. The highest BCUT2D eigenvalue weighted by atomic mass is 79.9. The van der Waals surface area contributed by atoms with Gasteiger partial charge < -0.3 is 19.7 Å². The van der Waals surface area contributed by atoms with E-state index in [1.807, 2.05) is 56.3 Å². The molecule has 0 saturated carbocycles. The van der Waals surface area contributed by atoms with Crippen LogP contribution in [0.3, 0.4) is 0 Å². The van der Waals surface area contributed by atoms with E-state index in [0.29, 0.717) is 24.5 Å². The Morgan fingerprint density at radius 2 is 1.62 bits per heavy atom. The van der Waals surface area contributed by atoms with Gasteiger partial charge in [-0.3, -0.25) is 9.59 Å². The number of amides is 2. The smallest absolute Gasteiger partial charge is 0.242 e. The van der Waals surface area contributed by atoms with E-state index in [4.69, 9.17) is 9.47 Å². The largest absolute Gasteiger partial charge is 0.493 e. The summed E-state index contributed by atoms with van der Waals surface area (Å²) >= 11 is 3.44. The lowest BCUT2D eigenvalue weighted by molar-refractivity contribution is -0.140. The van der Waals surface area contributed by atoms with Gasteiger partial charge in [0.15, 0.2) is 11.5 Å². The SMILES string of the molecule is CC[C@H](C)NC(=O)[C@H](C)N(Cc1ccc(Br)cc1)C(=O)CCc1ccc(OC)c(OC)c1. The molecule has 0 aromatic heterocycles.